The zero-order chi connectivity index (χ0) is 23.5. The summed E-state index contributed by atoms with van der Waals surface area (Å²) in [4.78, 5) is 33.6. The second-order valence-electron chi connectivity index (χ2n) is 8.00. The second-order valence-corrected chi connectivity index (χ2v) is 8.00. The molecule has 0 saturated carbocycles. The Morgan fingerprint density at radius 2 is 1.71 bits per heavy atom. The highest BCUT2D eigenvalue weighted by molar-refractivity contribution is 6.04. The predicted octanol–water partition coefficient (Wildman–Crippen LogP) is 5.96. The van der Waals surface area contributed by atoms with Gasteiger partial charge in [-0.3, -0.25) is 4.79 Å². The minimum Gasteiger partial charge on any atom is -0.449 e. The number of fused-ring (bicyclic) bond motifs is 2. The van der Waals surface area contributed by atoms with E-state index in [0.29, 0.717) is 17.7 Å². The van der Waals surface area contributed by atoms with Crippen LogP contribution in [0.15, 0.2) is 91.0 Å². The molecule has 0 aliphatic carbocycles. The normalized spacial score (nSPS) is 11.9. The van der Waals surface area contributed by atoms with E-state index in [1.54, 1.807) is 18.2 Å². The van der Waals surface area contributed by atoms with Crippen molar-refractivity contribution in [2.45, 2.75) is 19.4 Å². The molecule has 5 aromatic rings. The number of esters is 1. The number of nitrogens with one attached hydrogen (secondary N) is 2. The number of hydrogen-bond donors (Lipinski definition) is 2. The van der Waals surface area contributed by atoms with Gasteiger partial charge in [0.1, 0.15) is 5.82 Å². The van der Waals surface area contributed by atoms with E-state index in [9.17, 15) is 9.59 Å². The summed E-state index contributed by atoms with van der Waals surface area (Å²) in [5, 5.41) is 4.86. The molecule has 0 fully saturated rings. The number of imidazole rings is 1. The summed E-state index contributed by atoms with van der Waals surface area (Å²) in [5.74, 6) is -0.194. The molecule has 0 bridgehead atoms. The van der Waals surface area contributed by atoms with E-state index in [2.05, 4.69) is 15.3 Å². The lowest BCUT2D eigenvalue weighted by Gasteiger charge is -2.17. The minimum absolute atomic E-state index is 0.354. The van der Waals surface area contributed by atoms with Gasteiger partial charge in [-0.25, -0.2) is 9.78 Å². The monoisotopic (exact) mass is 449 g/mol. The third-order valence-electron chi connectivity index (χ3n) is 5.72. The number of carbonyl (C=O) groups excluding carboxylic acids is 2. The Bertz CT molecular complexity index is 1490. The van der Waals surface area contributed by atoms with Crippen molar-refractivity contribution < 1.29 is 14.3 Å². The molecule has 1 atom stereocenters. The molecule has 168 valence electrons. The third kappa shape index (κ3) is 4.26. The van der Waals surface area contributed by atoms with Gasteiger partial charge in [0, 0.05) is 16.6 Å². The van der Waals surface area contributed by atoms with Crippen molar-refractivity contribution in [3.63, 3.8) is 0 Å². The Kier molecular flexibility index (Phi) is 5.79. The number of amides is 1. The van der Waals surface area contributed by atoms with Crippen LogP contribution in [0.25, 0.3) is 33.2 Å². The Hall–Kier alpha value is -4.45. The van der Waals surface area contributed by atoms with Crippen LogP contribution in [-0.4, -0.2) is 27.9 Å². The van der Waals surface area contributed by atoms with E-state index in [0.717, 1.165) is 33.2 Å². The third-order valence-corrected chi connectivity index (χ3v) is 5.72. The molecule has 1 amide bonds. The van der Waals surface area contributed by atoms with Crippen LogP contribution in [0.2, 0.25) is 0 Å². The maximum Gasteiger partial charge on any atom is 0.338 e. The van der Waals surface area contributed by atoms with Crippen LogP contribution in [0.1, 0.15) is 23.7 Å². The Balaban J connectivity index is 1.33. The number of nitrogens with zero attached hydrogens (tertiary/aromatic N) is 1. The summed E-state index contributed by atoms with van der Waals surface area (Å²) in [5.41, 5.74) is 3.47. The molecule has 4 aromatic carbocycles. The van der Waals surface area contributed by atoms with E-state index in [-0.39, 0.29) is 5.91 Å². The van der Waals surface area contributed by atoms with Gasteiger partial charge in [-0.05, 0) is 36.1 Å². The second kappa shape index (κ2) is 9.19. The lowest BCUT2D eigenvalue weighted by atomic mass is 10.1. The van der Waals surface area contributed by atoms with E-state index < -0.39 is 12.1 Å². The highest BCUT2D eigenvalue weighted by Gasteiger charge is 2.23. The van der Waals surface area contributed by atoms with Gasteiger partial charge in [0.05, 0.1) is 16.6 Å². The summed E-state index contributed by atoms with van der Waals surface area (Å²) in [7, 11) is 0. The van der Waals surface area contributed by atoms with Gasteiger partial charge in [-0.15, -0.1) is 0 Å². The molecule has 5 rings (SSSR count). The smallest absolute Gasteiger partial charge is 0.338 e. The lowest BCUT2D eigenvalue weighted by Crippen LogP contribution is -2.32. The molecule has 0 aliphatic heterocycles. The van der Waals surface area contributed by atoms with Crippen molar-refractivity contribution in [1.82, 2.24) is 9.97 Å². The van der Waals surface area contributed by atoms with Crippen LogP contribution >= 0.6 is 0 Å². The fraction of sp³-hybridized carbons (Fsp3) is 0.107. The van der Waals surface area contributed by atoms with Crippen LogP contribution in [0, 0.1) is 0 Å². The molecular weight excluding hydrogens is 426 g/mol. The summed E-state index contributed by atoms with van der Waals surface area (Å²) in [6, 6.07) is 28.4. The molecule has 2 N–H and O–H groups in total. The Labute approximate surface area is 196 Å². The van der Waals surface area contributed by atoms with Crippen molar-refractivity contribution in [1.29, 1.82) is 0 Å². The molecule has 0 radical (unpaired) electrons. The highest BCUT2D eigenvalue weighted by Crippen LogP contribution is 2.24. The first-order valence-corrected chi connectivity index (χ1v) is 11.2. The number of benzene rings is 4. The molecule has 1 heterocycles. The van der Waals surface area contributed by atoms with Crippen LogP contribution in [0.5, 0.6) is 0 Å². The van der Waals surface area contributed by atoms with Gasteiger partial charge >= 0.3 is 5.97 Å². The molecular formula is C28H23N3O3. The van der Waals surface area contributed by atoms with E-state index in [4.69, 9.17) is 4.74 Å². The van der Waals surface area contributed by atoms with E-state index in [1.165, 1.54) is 0 Å². The number of aromatic nitrogens is 2. The zero-order valence-electron chi connectivity index (χ0n) is 18.6. The fourth-order valence-corrected chi connectivity index (χ4v) is 3.94. The van der Waals surface area contributed by atoms with Gasteiger partial charge in [-0.2, -0.15) is 0 Å². The minimum atomic E-state index is -0.913. The van der Waals surface area contributed by atoms with E-state index in [1.807, 2.05) is 79.7 Å². The van der Waals surface area contributed by atoms with Gasteiger partial charge in [0.25, 0.3) is 5.91 Å². The van der Waals surface area contributed by atoms with Crippen molar-refractivity contribution in [2.75, 3.05) is 5.32 Å². The maximum absolute atomic E-state index is 12.9. The standard InChI is InChI=1S/C28H23N3O3/c1-2-25(27(32)31-22-14-8-12-18-9-6-7-13-21(18)22)34-28(33)20-15-16-23-24(17-20)30-26(29-23)19-10-4-3-5-11-19/h3-17,25H,2H2,1H3,(H,29,30)(H,31,32). The molecule has 1 aromatic heterocycles. The number of anilines is 1. The first-order chi connectivity index (χ1) is 16.6. The summed E-state index contributed by atoms with van der Waals surface area (Å²) >= 11 is 0. The zero-order valence-corrected chi connectivity index (χ0v) is 18.6. The average molecular weight is 450 g/mol. The van der Waals surface area contributed by atoms with Gasteiger partial charge in [-0.1, -0.05) is 73.7 Å². The average Bonchev–Trinajstić information content (AvgIpc) is 3.31. The van der Waals surface area contributed by atoms with Crippen LogP contribution in [0.4, 0.5) is 5.69 Å². The number of rotatable bonds is 6. The number of carbonyl (C=O) groups is 2. The first-order valence-electron chi connectivity index (χ1n) is 11.2. The van der Waals surface area contributed by atoms with Crippen molar-refractivity contribution >= 4 is 39.4 Å². The van der Waals surface area contributed by atoms with Crippen molar-refractivity contribution in [3.05, 3.63) is 96.6 Å². The topological polar surface area (TPSA) is 84.1 Å². The van der Waals surface area contributed by atoms with Gasteiger partial charge in [0.15, 0.2) is 6.10 Å². The Morgan fingerprint density at radius 3 is 2.53 bits per heavy atom. The Morgan fingerprint density at radius 1 is 0.941 bits per heavy atom. The number of H-pyrrole nitrogens is 1. The number of aromatic amines is 1. The van der Waals surface area contributed by atoms with Crippen molar-refractivity contribution in [3.8, 4) is 11.4 Å². The quantitative estimate of drug-likeness (QED) is 0.313. The number of ether oxygens (including phenoxy) is 1. The van der Waals surface area contributed by atoms with Gasteiger partial charge in [0.2, 0.25) is 0 Å². The van der Waals surface area contributed by atoms with Crippen molar-refractivity contribution in [2.24, 2.45) is 0 Å². The molecule has 6 heteroatoms. The summed E-state index contributed by atoms with van der Waals surface area (Å²) in [6.07, 6.45) is -0.559. The van der Waals surface area contributed by atoms with E-state index >= 15 is 0 Å². The fourth-order valence-electron chi connectivity index (χ4n) is 3.94. The predicted molar refractivity (Wildman–Crippen MR) is 134 cm³/mol. The molecule has 34 heavy (non-hydrogen) atoms. The summed E-state index contributed by atoms with van der Waals surface area (Å²) < 4.78 is 5.59. The van der Waals surface area contributed by atoms with Crippen LogP contribution in [0.3, 0.4) is 0 Å². The summed E-state index contributed by atoms with van der Waals surface area (Å²) in [6.45, 7) is 1.81. The highest BCUT2D eigenvalue weighted by atomic mass is 16.5. The first kappa shape index (κ1) is 21.4. The SMILES string of the molecule is CCC(OC(=O)c1ccc2nc(-c3ccccc3)[nH]c2c1)C(=O)Nc1cccc2ccccc12. The van der Waals surface area contributed by atoms with Crippen LogP contribution in [-0.2, 0) is 9.53 Å². The molecule has 0 spiro atoms. The maximum atomic E-state index is 12.9. The molecule has 6 nitrogen and oxygen atoms in total. The molecule has 0 saturated heterocycles. The molecule has 0 aliphatic rings. The van der Waals surface area contributed by atoms with Crippen LogP contribution < -0.4 is 5.32 Å². The lowest BCUT2D eigenvalue weighted by molar-refractivity contribution is -0.124. The molecule has 1 unspecified atom stereocenters. The van der Waals surface area contributed by atoms with Gasteiger partial charge < -0.3 is 15.0 Å². The largest absolute Gasteiger partial charge is 0.449 e. The number of hydrogen-bond acceptors (Lipinski definition) is 4.